The van der Waals surface area contributed by atoms with Gasteiger partial charge in [0.1, 0.15) is 0 Å². The predicted molar refractivity (Wildman–Crippen MR) is 106 cm³/mol. The Bertz CT molecular complexity index is 1020. The lowest BCUT2D eigenvalue weighted by atomic mass is 10.1. The van der Waals surface area contributed by atoms with Crippen molar-refractivity contribution in [1.82, 2.24) is 25.1 Å². The molecule has 1 aliphatic carbocycles. The minimum absolute atomic E-state index is 0.00457. The molecule has 1 aromatic carbocycles. The normalized spacial score (nSPS) is 14.7. The number of nitrogens with zero attached hydrogens (tertiary/aromatic N) is 4. The molecule has 4 rings (SSSR count). The number of hydrogen-bond donors (Lipinski definition) is 1. The largest absolute Gasteiger partial charge is 0.353 e. The zero-order chi connectivity index (χ0) is 18.8. The first-order chi connectivity index (χ1) is 13.1. The van der Waals surface area contributed by atoms with Gasteiger partial charge in [-0.15, -0.1) is 15.3 Å². The van der Waals surface area contributed by atoms with Gasteiger partial charge in [-0.2, -0.15) is 4.52 Å². The Labute approximate surface area is 164 Å². The number of thioether (sulfide) groups is 1. The summed E-state index contributed by atoms with van der Waals surface area (Å²) in [5.74, 6) is 0.286. The zero-order valence-electron chi connectivity index (χ0n) is 14.8. The van der Waals surface area contributed by atoms with Gasteiger partial charge >= 0.3 is 5.56 Å². The van der Waals surface area contributed by atoms with E-state index in [1.54, 1.807) is 0 Å². The fourth-order valence-electron chi connectivity index (χ4n) is 3.11. The fraction of sp³-hybridized carbons (Fsp3) is 0.389. The second-order valence-corrected chi connectivity index (χ2v) is 8.80. The van der Waals surface area contributed by atoms with Crippen molar-refractivity contribution in [3.8, 4) is 11.3 Å². The summed E-state index contributed by atoms with van der Waals surface area (Å²) in [7, 11) is 0. The van der Waals surface area contributed by atoms with Gasteiger partial charge in [0.2, 0.25) is 10.9 Å². The summed E-state index contributed by atoms with van der Waals surface area (Å²) in [4.78, 5) is 25.2. The standard InChI is InChI=1S/C18H19N5O2S2/c1-11-6-8-12(9-7-11)15-16(25)23-17(21-20-15)27-18(22-23)26-10-14(24)19-13-4-2-3-5-13/h6-9,13H,2-5,10H2,1H3,(H,19,24). The first-order valence-electron chi connectivity index (χ1n) is 8.86. The number of aryl methyl sites for hydroxylation is 1. The maximum Gasteiger partial charge on any atom is 0.302 e. The molecule has 1 amide bonds. The molecule has 1 N–H and O–H groups in total. The van der Waals surface area contributed by atoms with E-state index in [0.717, 1.165) is 18.4 Å². The van der Waals surface area contributed by atoms with Gasteiger partial charge in [-0.1, -0.05) is 65.8 Å². The molecule has 0 bridgehead atoms. The van der Waals surface area contributed by atoms with Crippen molar-refractivity contribution in [2.75, 3.05) is 5.75 Å². The summed E-state index contributed by atoms with van der Waals surface area (Å²) in [5, 5.41) is 15.6. The first-order valence-corrected chi connectivity index (χ1v) is 10.7. The van der Waals surface area contributed by atoms with E-state index >= 15 is 0 Å². The van der Waals surface area contributed by atoms with Crippen LogP contribution >= 0.6 is 23.1 Å². The molecule has 9 heteroatoms. The van der Waals surface area contributed by atoms with Crippen molar-refractivity contribution in [1.29, 1.82) is 0 Å². The topological polar surface area (TPSA) is 89.2 Å². The average molecular weight is 402 g/mol. The number of carbonyl (C=O) groups is 1. The monoisotopic (exact) mass is 401 g/mol. The van der Waals surface area contributed by atoms with Crippen LogP contribution in [0, 0.1) is 6.92 Å². The van der Waals surface area contributed by atoms with Gasteiger partial charge in [0.15, 0.2) is 10.0 Å². The minimum atomic E-state index is -0.303. The molecular weight excluding hydrogens is 382 g/mol. The lowest BCUT2D eigenvalue weighted by molar-refractivity contribution is -0.119. The quantitative estimate of drug-likeness (QED) is 0.661. The maximum atomic E-state index is 12.7. The molecule has 0 aliphatic heterocycles. The smallest absolute Gasteiger partial charge is 0.302 e. The van der Waals surface area contributed by atoms with Crippen LogP contribution in [0.15, 0.2) is 33.4 Å². The van der Waals surface area contributed by atoms with Crippen molar-refractivity contribution in [3.63, 3.8) is 0 Å². The Morgan fingerprint density at radius 1 is 1.26 bits per heavy atom. The van der Waals surface area contributed by atoms with Crippen LogP contribution in [0.1, 0.15) is 31.2 Å². The number of rotatable bonds is 5. The van der Waals surface area contributed by atoms with Gasteiger partial charge in [0, 0.05) is 11.6 Å². The fourth-order valence-corrected chi connectivity index (χ4v) is 4.80. The highest BCUT2D eigenvalue weighted by Crippen LogP contribution is 2.24. The number of nitrogens with one attached hydrogen (secondary N) is 1. The van der Waals surface area contributed by atoms with Crippen molar-refractivity contribution >= 4 is 34.0 Å². The Hall–Kier alpha value is -2.26. The molecule has 140 valence electrons. The second kappa shape index (κ2) is 7.77. The van der Waals surface area contributed by atoms with E-state index < -0.39 is 0 Å². The maximum absolute atomic E-state index is 12.7. The molecule has 27 heavy (non-hydrogen) atoms. The molecule has 0 unspecified atom stereocenters. The molecule has 2 heterocycles. The van der Waals surface area contributed by atoms with Crippen molar-refractivity contribution in [2.24, 2.45) is 0 Å². The molecule has 0 radical (unpaired) electrons. The van der Waals surface area contributed by atoms with E-state index in [1.807, 2.05) is 31.2 Å². The lowest BCUT2D eigenvalue weighted by Crippen LogP contribution is -2.33. The predicted octanol–water partition coefficient (Wildman–Crippen LogP) is 2.67. The third-order valence-corrected chi connectivity index (χ3v) is 6.58. The van der Waals surface area contributed by atoms with Gasteiger partial charge in [-0.05, 0) is 19.8 Å². The molecule has 7 nitrogen and oxygen atoms in total. The molecule has 1 saturated carbocycles. The Morgan fingerprint density at radius 2 is 2.00 bits per heavy atom. The molecule has 2 aromatic heterocycles. The van der Waals surface area contributed by atoms with Crippen LogP contribution in [0.4, 0.5) is 0 Å². The van der Waals surface area contributed by atoms with Gasteiger partial charge in [-0.25, -0.2) is 0 Å². The molecule has 3 aromatic rings. The first kappa shape index (κ1) is 18.1. The number of amides is 1. The number of carbonyl (C=O) groups excluding carboxylic acids is 1. The summed E-state index contributed by atoms with van der Waals surface area (Å²) >= 11 is 2.58. The van der Waals surface area contributed by atoms with Crippen molar-refractivity contribution < 1.29 is 4.79 Å². The minimum Gasteiger partial charge on any atom is -0.353 e. The lowest BCUT2D eigenvalue weighted by Gasteiger charge is -2.10. The van der Waals surface area contributed by atoms with Crippen LogP contribution < -0.4 is 10.9 Å². The van der Waals surface area contributed by atoms with Gasteiger partial charge in [-0.3, -0.25) is 9.59 Å². The third kappa shape index (κ3) is 4.03. The number of benzene rings is 1. The molecule has 1 fully saturated rings. The second-order valence-electron chi connectivity index (χ2n) is 6.62. The highest BCUT2D eigenvalue weighted by molar-refractivity contribution is 8.01. The summed E-state index contributed by atoms with van der Waals surface area (Å²) < 4.78 is 1.90. The number of fused-ring (bicyclic) bond motifs is 1. The molecule has 1 aliphatic rings. The van der Waals surface area contributed by atoms with E-state index in [9.17, 15) is 9.59 Å². The third-order valence-electron chi connectivity index (χ3n) is 4.54. The molecule has 0 saturated heterocycles. The van der Waals surface area contributed by atoms with E-state index in [4.69, 9.17) is 0 Å². The molecular formula is C18H19N5O2S2. The van der Waals surface area contributed by atoms with Crippen LogP contribution in [0.2, 0.25) is 0 Å². The number of aromatic nitrogens is 4. The van der Waals surface area contributed by atoms with Gasteiger partial charge in [0.05, 0.1) is 5.75 Å². The highest BCUT2D eigenvalue weighted by atomic mass is 32.2. The van der Waals surface area contributed by atoms with Crippen LogP contribution in [0.3, 0.4) is 0 Å². The van der Waals surface area contributed by atoms with Crippen LogP contribution in [-0.2, 0) is 4.79 Å². The Morgan fingerprint density at radius 3 is 2.74 bits per heavy atom. The van der Waals surface area contributed by atoms with Crippen molar-refractivity contribution in [2.45, 2.75) is 43.0 Å². The van der Waals surface area contributed by atoms with Crippen LogP contribution in [-0.4, -0.2) is 37.5 Å². The van der Waals surface area contributed by atoms with E-state index in [1.165, 1.54) is 40.5 Å². The average Bonchev–Trinajstić information content (AvgIpc) is 3.31. The van der Waals surface area contributed by atoms with Crippen LogP contribution in [0.5, 0.6) is 0 Å². The highest BCUT2D eigenvalue weighted by Gasteiger charge is 2.18. The summed E-state index contributed by atoms with van der Waals surface area (Å²) in [6, 6.07) is 7.86. The van der Waals surface area contributed by atoms with E-state index in [2.05, 4.69) is 20.6 Å². The number of hydrogen-bond acceptors (Lipinski definition) is 7. The van der Waals surface area contributed by atoms with E-state index in [-0.39, 0.29) is 22.9 Å². The van der Waals surface area contributed by atoms with Crippen LogP contribution in [0.25, 0.3) is 16.2 Å². The summed E-state index contributed by atoms with van der Waals surface area (Å²) in [6.45, 7) is 1.98. The summed E-state index contributed by atoms with van der Waals surface area (Å²) in [6.07, 6.45) is 4.48. The van der Waals surface area contributed by atoms with E-state index in [0.29, 0.717) is 20.9 Å². The Kier molecular flexibility index (Phi) is 5.22. The Balaban J connectivity index is 1.50. The SMILES string of the molecule is Cc1ccc(-c2nnc3sc(SCC(=O)NC4CCCC4)nn3c2=O)cc1. The molecule has 0 spiro atoms. The molecule has 0 atom stereocenters. The zero-order valence-corrected chi connectivity index (χ0v) is 16.5. The van der Waals surface area contributed by atoms with Gasteiger partial charge < -0.3 is 5.32 Å². The van der Waals surface area contributed by atoms with Gasteiger partial charge in [0.25, 0.3) is 0 Å². The van der Waals surface area contributed by atoms with Crippen molar-refractivity contribution in [3.05, 3.63) is 40.2 Å². The summed E-state index contributed by atoms with van der Waals surface area (Å²) in [5.41, 5.74) is 1.79.